The van der Waals surface area contributed by atoms with Crippen molar-refractivity contribution in [1.29, 1.82) is 0 Å². The normalized spacial score (nSPS) is 14.9. The van der Waals surface area contributed by atoms with Crippen LogP contribution in [-0.2, 0) is 25.6 Å². The van der Waals surface area contributed by atoms with Crippen LogP contribution in [0.1, 0.15) is 42.0 Å². The number of benzene rings is 3. The lowest BCUT2D eigenvalue weighted by Crippen LogP contribution is -2.32. The van der Waals surface area contributed by atoms with Gasteiger partial charge in [-0.3, -0.25) is 0 Å². The number of nitrogens with one attached hydrogen (secondary N) is 1. The molecule has 1 atom stereocenters. The first-order chi connectivity index (χ1) is 22.4. The number of ether oxygens (including phenoxy) is 3. The molecule has 1 aliphatic heterocycles. The van der Waals surface area contributed by atoms with Crippen LogP contribution in [0.4, 0.5) is 0 Å². The fourth-order valence-electron chi connectivity index (χ4n) is 5.37. The van der Waals surface area contributed by atoms with E-state index in [1.165, 1.54) is 7.11 Å². The van der Waals surface area contributed by atoms with Gasteiger partial charge in [0.15, 0.2) is 0 Å². The number of hydrogen-bond donors (Lipinski definition) is 1. The first-order valence-corrected chi connectivity index (χ1v) is 15.0. The Hall–Kier alpha value is -5.63. The molecule has 3 aromatic carbocycles. The lowest BCUT2D eigenvalue weighted by Gasteiger charge is -2.30. The van der Waals surface area contributed by atoms with E-state index < -0.39 is 17.9 Å². The van der Waals surface area contributed by atoms with Crippen LogP contribution in [0, 0.1) is 0 Å². The molecule has 0 bridgehead atoms. The molecular weight excluding hydrogens is 578 g/mol. The van der Waals surface area contributed by atoms with E-state index in [1.54, 1.807) is 32.4 Å². The largest absolute Gasteiger partial charge is 0.490 e. The Bertz CT molecular complexity index is 1770. The summed E-state index contributed by atoms with van der Waals surface area (Å²) < 4.78 is 18.9. The van der Waals surface area contributed by atoms with Gasteiger partial charge in [0.25, 0.3) is 0 Å². The first kappa shape index (κ1) is 31.8. The van der Waals surface area contributed by atoms with Crippen molar-refractivity contribution < 1.29 is 23.8 Å². The number of carbonyl (C=O) groups is 2. The highest BCUT2D eigenvalue weighted by Crippen LogP contribution is 2.40. The van der Waals surface area contributed by atoms with Gasteiger partial charge in [0, 0.05) is 30.3 Å². The van der Waals surface area contributed by atoms with Gasteiger partial charge in [-0.25, -0.2) is 14.6 Å². The Morgan fingerprint density at radius 3 is 2.24 bits per heavy atom. The fourth-order valence-corrected chi connectivity index (χ4v) is 5.37. The molecule has 5 rings (SSSR count). The highest BCUT2D eigenvalue weighted by atomic mass is 16.5. The van der Waals surface area contributed by atoms with E-state index in [1.807, 2.05) is 95.7 Å². The minimum Gasteiger partial charge on any atom is -0.490 e. The Labute approximate surface area is 269 Å². The molecule has 0 saturated heterocycles. The zero-order chi connectivity index (χ0) is 32.3. The quantitative estimate of drug-likeness (QED) is 0.178. The van der Waals surface area contributed by atoms with Crippen molar-refractivity contribution in [2.24, 2.45) is 0 Å². The van der Waals surface area contributed by atoms with Gasteiger partial charge in [-0.15, -0.1) is 0 Å². The minimum absolute atomic E-state index is 0.0618. The highest BCUT2D eigenvalue weighted by molar-refractivity contribution is 6.00. The Balaban J connectivity index is 1.29. The Kier molecular flexibility index (Phi) is 10.6. The lowest BCUT2D eigenvalue weighted by atomic mass is 9.80. The number of imidazole rings is 1. The number of rotatable bonds is 12. The molecule has 2 heterocycles. The molecule has 234 valence electrons. The molecule has 0 radical (unpaired) electrons. The predicted octanol–water partition coefficient (Wildman–Crippen LogP) is 6.69. The number of nitrogens with zero attached hydrogens (tertiary/aromatic N) is 2. The maximum atomic E-state index is 13.6. The van der Waals surface area contributed by atoms with E-state index in [0.717, 1.165) is 23.2 Å². The summed E-state index contributed by atoms with van der Waals surface area (Å²) in [5.74, 6) is -1.15. The predicted molar refractivity (Wildman–Crippen MR) is 178 cm³/mol. The summed E-state index contributed by atoms with van der Waals surface area (Å²) in [6.45, 7) is 4.76. The van der Waals surface area contributed by atoms with E-state index in [9.17, 15) is 9.59 Å². The van der Waals surface area contributed by atoms with Gasteiger partial charge in [-0.1, -0.05) is 78.9 Å². The molecule has 0 saturated carbocycles. The molecule has 1 aromatic heterocycles. The zero-order valence-electron chi connectivity index (χ0n) is 26.2. The summed E-state index contributed by atoms with van der Waals surface area (Å²) in [4.78, 5) is 30.7. The monoisotopic (exact) mass is 615 g/mol. The van der Waals surface area contributed by atoms with E-state index in [0.29, 0.717) is 40.5 Å². The zero-order valence-corrected chi connectivity index (χ0v) is 26.2. The third-order valence-corrected chi connectivity index (χ3v) is 7.56. The van der Waals surface area contributed by atoms with Gasteiger partial charge in [-0.05, 0) is 60.4 Å². The summed E-state index contributed by atoms with van der Waals surface area (Å²) >= 11 is 0. The molecule has 1 aliphatic rings. The van der Waals surface area contributed by atoms with Crippen LogP contribution in [0.2, 0.25) is 0 Å². The van der Waals surface area contributed by atoms with E-state index in [4.69, 9.17) is 14.2 Å². The van der Waals surface area contributed by atoms with Gasteiger partial charge < -0.3 is 24.1 Å². The van der Waals surface area contributed by atoms with Crippen LogP contribution in [0.25, 0.3) is 12.2 Å². The molecule has 1 unspecified atom stereocenters. The van der Waals surface area contributed by atoms with Crippen molar-refractivity contribution in [3.8, 4) is 5.75 Å². The topological polar surface area (TPSA) is 91.7 Å². The molecule has 1 N–H and O–H groups in total. The van der Waals surface area contributed by atoms with Crippen molar-refractivity contribution in [2.75, 3.05) is 20.3 Å². The van der Waals surface area contributed by atoms with Crippen LogP contribution < -0.4 is 10.1 Å². The summed E-state index contributed by atoms with van der Waals surface area (Å²) in [7, 11) is 1.33. The molecule has 8 heteroatoms. The maximum Gasteiger partial charge on any atom is 0.337 e. The Morgan fingerprint density at radius 1 is 0.848 bits per heavy atom. The number of dihydropyridines is 1. The van der Waals surface area contributed by atoms with Gasteiger partial charge in [0.1, 0.15) is 19.0 Å². The van der Waals surface area contributed by atoms with Crippen molar-refractivity contribution in [1.82, 2.24) is 14.9 Å². The first-order valence-electron chi connectivity index (χ1n) is 15.0. The molecular formula is C38H37N3O5. The number of allylic oxidation sites excluding steroid dienone is 2. The van der Waals surface area contributed by atoms with E-state index in [-0.39, 0.29) is 6.61 Å². The average molecular weight is 616 g/mol. The van der Waals surface area contributed by atoms with Gasteiger partial charge in [0.05, 0.1) is 30.5 Å². The van der Waals surface area contributed by atoms with Crippen molar-refractivity contribution in [3.63, 3.8) is 0 Å². The van der Waals surface area contributed by atoms with Crippen molar-refractivity contribution >= 4 is 24.1 Å². The number of aromatic nitrogens is 2. The summed E-state index contributed by atoms with van der Waals surface area (Å²) in [6.07, 6.45) is 13.1. The van der Waals surface area contributed by atoms with E-state index in [2.05, 4.69) is 22.4 Å². The maximum absolute atomic E-state index is 13.6. The summed E-state index contributed by atoms with van der Waals surface area (Å²) in [6, 6.07) is 25.5. The molecule has 4 aromatic rings. The van der Waals surface area contributed by atoms with Crippen molar-refractivity contribution in [3.05, 3.63) is 155 Å². The molecule has 8 nitrogen and oxygen atoms in total. The highest BCUT2D eigenvalue weighted by Gasteiger charge is 2.37. The lowest BCUT2D eigenvalue weighted by molar-refractivity contribution is -0.138. The minimum atomic E-state index is -0.711. The number of esters is 2. The SMILES string of the molecule is COC(=O)C1=C(C)NC(C)=C(C(=O)OCC=Cc2ccc(Cn3ccnc3)cc2)C1c1cccc(OC/C=C/c2ccccc2)c1. The second kappa shape index (κ2) is 15.4. The molecule has 0 amide bonds. The van der Waals surface area contributed by atoms with Crippen LogP contribution in [-0.4, -0.2) is 41.8 Å². The van der Waals surface area contributed by atoms with Gasteiger partial charge in [0.2, 0.25) is 0 Å². The summed E-state index contributed by atoms with van der Waals surface area (Å²) in [5.41, 5.74) is 5.83. The molecule has 0 spiro atoms. The molecule has 46 heavy (non-hydrogen) atoms. The average Bonchev–Trinajstić information content (AvgIpc) is 3.59. The van der Waals surface area contributed by atoms with Crippen LogP contribution >= 0.6 is 0 Å². The second-order valence-corrected chi connectivity index (χ2v) is 10.8. The van der Waals surface area contributed by atoms with Gasteiger partial charge >= 0.3 is 11.9 Å². The van der Waals surface area contributed by atoms with Gasteiger partial charge in [-0.2, -0.15) is 0 Å². The fraction of sp³-hybridized carbons (Fsp3) is 0.184. The van der Waals surface area contributed by atoms with Crippen LogP contribution in [0.15, 0.2) is 132 Å². The molecule has 0 aliphatic carbocycles. The number of carbonyl (C=O) groups excluding carboxylic acids is 2. The smallest absolute Gasteiger partial charge is 0.337 e. The van der Waals surface area contributed by atoms with Crippen LogP contribution in [0.3, 0.4) is 0 Å². The number of hydrogen-bond acceptors (Lipinski definition) is 7. The third kappa shape index (κ3) is 8.09. The standard InChI is InChI=1S/C38H37N3O5/c1-27-34(37(42)44-3)36(32-14-7-15-33(24-32)45-22-8-12-29-10-5-4-6-11-29)35(28(2)40-27)38(43)46-23-9-13-30-16-18-31(19-17-30)25-41-21-20-39-26-41/h4-21,24,26,36,40H,22-23,25H2,1-3H3/b12-8+,13-9?. The Morgan fingerprint density at radius 2 is 1.54 bits per heavy atom. The molecule has 0 fully saturated rings. The van der Waals surface area contributed by atoms with E-state index >= 15 is 0 Å². The number of methoxy groups -OCH3 is 1. The third-order valence-electron chi connectivity index (χ3n) is 7.56. The summed E-state index contributed by atoms with van der Waals surface area (Å²) in [5, 5.41) is 3.18. The second-order valence-electron chi connectivity index (χ2n) is 10.8. The van der Waals surface area contributed by atoms with Crippen LogP contribution in [0.5, 0.6) is 5.75 Å². The van der Waals surface area contributed by atoms with Crippen molar-refractivity contribution in [2.45, 2.75) is 26.3 Å².